The van der Waals surface area contributed by atoms with Crippen molar-refractivity contribution in [3.63, 3.8) is 0 Å². The average Bonchev–Trinajstić information content (AvgIpc) is 2.98. The molecule has 0 amide bonds. The van der Waals surface area contributed by atoms with Crippen molar-refractivity contribution in [2.45, 2.75) is 33.4 Å². The summed E-state index contributed by atoms with van der Waals surface area (Å²) in [5.74, 6) is 0.904. The van der Waals surface area contributed by atoms with Crippen molar-refractivity contribution in [3.05, 3.63) is 57.5 Å². The van der Waals surface area contributed by atoms with E-state index in [-0.39, 0.29) is 5.56 Å². The van der Waals surface area contributed by atoms with E-state index in [4.69, 9.17) is 0 Å². The Hall–Kier alpha value is -2.67. The lowest BCUT2D eigenvalue weighted by Gasteiger charge is -2.02. The summed E-state index contributed by atoms with van der Waals surface area (Å²) in [6.45, 7) is 6.24. The van der Waals surface area contributed by atoms with Crippen LogP contribution in [0.15, 0.2) is 35.1 Å². The van der Waals surface area contributed by atoms with E-state index in [0.29, 0.717) is 30.5 Å². The number of rotatable bonds is 7. The number of aryl methyl sites for hydroxylation is 1. The minimum absolute atomic E-state index is 0.163. The monoisotopic (exact) mass is 326 g/mol. The lowest BCUT2D eigenvalue weighted by molar-refractivity contribution is 0.661. The van der Waals surface area contributed by atoms with Crippen LogP contribution in [-0.4, -0.2) is 26.1 Å². The van der Waals surface area contributed by atoms with Gasteiger partial charge in [-0.3, -0.25) is 9.89 Å². The molecule has 0 atom stereocenters. The molecule has 7 nitrogen and oxygen atoms in total. The van der Waals surface area contributed by atoms with Gasteiger partial charge in [0.2, 0.25) is 5.95 Å². The van der Waals surface area contributed by atoms with Crippen LogP contribution >= 0.6 is 0 Å². The fourth-order valence-electron chi connectivity index (χ4n) is 2.38. The molecule has 24 heavy (non-hydrogen) atoms. The number of hydrogen-bond donors (Lipinski definition) is 3. The molecule has 3 N–H and O–H groups in total. The zero-order valence-electron chi connectivity index (χ0n) is 14.0. The number of benzene rings is 1. The summed E-state index contributed by atoms with van der Waals surface area (Å²) in [7, 11) is 0. The van der Waals surface area contributed by atoms with Gasteiger partial charge in [0.25, 0.3) is 11.3 Å². The highest BCUT2D eigenvalue weighted by Gasteiger charge is 2.07. The highest BCUT2D eigenvalue weighted by Crippen LogP contribution is 2.07. The van der Waals surface area contributed by atoms with E-state index in [2.05, 4.69) is 63.8 Å². The van der Waals surface area contributed by atoms with Crippen LogP contribution in [-0.2, 0) is 13.1 Å². The van der Waals surface area contributed by atoms with E-state index < -0.39 is 0 Å². The molecule has 0 unspecified atom stereocenters. The van der Waals surface area contributed by atoms with Crippen molar-refractivity contribution in [1.29, 1.82) is 0 Å². The zero-order valence-corrected chi connectivity index (χ0v) is 14.0. The Kier molecular flexibility index (Phi) is 4.90. The van der Waals surface area contributed by atoms with Gasteiger partial charge in [0.05, 0.1) is 5.69 Å². The smallest absolute Gasteiger partial charge is 0.274 e. The highest BCUT2D eigenvalue weighted by molar-refractivity contribution is 5.38. The molecule has 0 aliphatic rings. The molecule has 0 saturated heterocycles. The number of nitrogens with zero attached hydrogens (tertiary/aromatic N) is 3. The first-order valence-corrected chi connectivity index (χ1v) is 8.14. The van der Waals surface area contributed by atoms with Crippen molar-refractivity contribution in [3.8, 4) is 0 Å². The van der Waals surface area contributed by atoms with E-state index in [1.807, 2.05) is 0 Å². The third kappa shape index (κ3) is 3.80. The van der Waals surface area contributed by atoms with Crippen molar-refractivity contribution in [2.75, 3.05) is 11.9 Å². The summed E-state index contributed by atoms with van der Waals surface area (Å²) in [6.07, 6.45) is 1.04. The fourth-order valence-corrected chi connectivity index (χ4v) is 2.38. The Balaban J connectivity index is 1.74. The summed E-state index contributed by atoms with van der Waals surface area (Å²) in [5.41, 5.74) is 2.91. The van der Waals surface area contributed by atoms with Gasteiger partial charge >= 0.3 is 0 Å². The molecule has 0 fully saturated rings. The van der Waals surface area contributed by atoms with E-state index in [9.17, 15) is 4.79 Å². The standard InChI is InChI=1S/C17H22N6O/c1-3-8-18-11-14-9-15(24)23-17(20-14)21-16(22-23)19-10-13-6-4-12(2)5-7-13/h4-7,9,18H,3,8,10-11H2,1-2H3,(H2,19,20,21,22). The maximum Gasteiger partial charge on any atom is 0.274 e. The van der Waals surface area contributed by atoms with E-state index in [1.165, 1.54) is 16.1 Å². The largest absolute Gasteiger partial charge is 0.351 e. The number of anilines is 1. The van der Waals surface area contributed by atoms with Gasteiger partial charge in [-0.05, 0) is 25.5 Å². The second-order valence-corrected chi connectivity index (χ2v) is 5.81. The van der Waals surface area contributed by atoms with Crippen LogP contribution in [0.25, 0.3) is 5.78 Å². The first kappa shape index (κ1) is 16.2. The van der Waals surface area contributed by atoms with Gasteiger partial charge in [-0.25, -0.2) is 4.98 Å². The van der Waals surface area contributed by atoms with Gasteiger partial charge in [-0.1, -0.05) is 36.8 Å². The second-order valence-electron chi connectivity index (χ2n) is 5.81. The quantitative estimate of drug-likeness (QED) is 0.577. The van der Waals surface area contributed by atoms with E-state index in [0.717, 1.165) is 18.5 Å². The molecule has 2 aromatic heterocycles. The van der Waals surface area contributed by atoms with Crippen molar-refractivity contribution >= 4 is 11.7 Å². The molecule has 3 rings (SSSR count). The molecule has 3 aromatic rings. The first-order valence-electron chi connectivity index (χ1n) is 8.14. The number of aromatic nitrogens is 4. The Morgan fingerprint density at radius 1 is 1.17 bits per heavy atom. The number of nitrogens with one attached hydrogen (secondary N) is 3. The molecule has 1 aromatic carbocycles. The number of fused-ring (bicyclic) bond motifs is 1. The lowest BCUT2D eigenvalue weighted by atomic mass is 10.1. The van der Waals surface area contributed by atoms with Gasteiger partial charge in [-0.15, -0.1) is 0 Å². The lowest BCUT2D eigenvalue weighted by Crippen LogP contribution is -2.20. The maximum atomic E-state index is 12.2. The Morgan fingerprint density at radius 2 is 1.96 bits per heavy atom. The van der Waals surface area contributed by atoms with Crippen LogP contribution in [0, 0.1) is 6.92 Å². The van der Waals surface area contributed by atoms with Crippen molar-refractivity contribution in [2.24, 2.45) is 0 Å². The SMILES string of the molecule is CCCNCc1cc(=O)n2[nH]c(NCc3ccc(C)cc3)nc2n1. The van der Waals surface area contributed by atoms with Gasteiger partial charge in [0, 0.05) is 19.2 Å². The molecule has 0 radical (unpaired) electrons. The number of aromatic amines is 1. The molecule has 2 heterocycles. The predicted molar refractivity (Wildman–Crippen MR) is 94.1 cm³/mol. The van der Waals surface area contributed by atoms with Gasteiger partial charge in [0.1, 0.15) is 0 Å². The third-order valence-electron chi connectivity index (χ3n) is 3.70. The topological polar surface area (TPSA) is 87.1 Å². The molecular formula is C17H22N6O. The van der Waals surface area contributed by atoms with Crippen LogP contribution in [0.5, 0.6) is 0 Å². The first-order chi connectivity index (χ1) is 11.7. The molecule has 0 aliphatic heterocycles. The highest BCUT2D eigenvalue weighted by atomic mass is 16.1. The molecular weight excluding hydrogens is 304 g/mol. The molecule has 0 bridgehead atoms. The maximum absolute atomic E-state index is 12.2. The van der Waals surface area contributed by atoms with Gasteiger partial charge < -0.3 is 10.6 Å². The molecule has 0 spiro atoms. The van der Waals surface area contributed by atoms with Gasteiger partial charge in [0.15, 0.2) is 0 Å². The minimum Gasteiger partial charge on any atom is -0.351 e. The van der Waals surface area contributed by atoms with Crippen LogP contribution in [0.1, 0.15) is 30.2 Å². The number of hydrogen-bond acceptors (Lipinski definition) is 5. The van der Waals surface area contributed by atoms with Gasteiger partial charge in [-0.2, -0.15) is 9.50 Å². The Morgan fingerprint density at radius 3 is 2.71 bits per heavy atom. The minimum atomic E-state index is -0.163. The average molecular weight is 326 g/mol. The summed E-state index contributed by atoms with van der Waals surface area (Å²) >= 11 is 0. The van der Waals surface area contributed by atoms with Crippen LogP contribution in [0.3, 0.4) is 0 Å². The Labute approximate surface area is 140 Å². The Bertz CT molecular complexity index is 865. The van der Waals surface area contributed by atoms with E-state index >= 15 is 0 Å². The zero-order chi connectivity index (χ0) is 16.9. The third-order valence-corrected chi connectivity index (χ3v) is 3.70. The van der Waals surface area contributed by atoms with Crippen LogP contribution in [0.4, 0.5) is 5.95 Å². The molecule has 0 aliphatic carbocycles. The normalized spacial score (nSPS) is 11.1. The summed E-state index contributed by atoms with van der Waals surface area (Å²) in [6, 6.07) is 9.78. The summed E-state index contributed by atoms with van der Waals surface area (Å²) in [4.78, 5) is 20.9. The summed E-state index contributed by atoms with van der Waals surface area (Å²) in [5, 5.41) is 9.36. The molecule has 126 valence electrons. The van der Waals surface area contributed by atoms with E-state index in [1.54, 1.807) is 0 Å². The predicted octanol–water partition coefficient (Wildman–Crippen LogP) is 1.84. The fraction of sp³-hybridized carbons (Fsp3) is 0.353. The van der Waals surface area contributed by atoms with Crippen LogP contribution < -0.4 is 16.2 Å². The van der Waals surface area contributed by atoms with Crippen LogP contribution in [0.2, 0.25) is 0 Å². The summed E-state index contributed by atoms with van der Waals surface area (Å²) < 4.78 is 1.35. The molecule has 0 saturated carbocycles. The molecule has 7 heteroatoms. The number of H-pyrrole nitrogens is 1. The second kappa shape index (κ2) is 7.27. The van der Waals surface area contributed by atoms with Crippen molar-refractivity contribution < 1.29 is 0 Å². The van der Waals surface area contributed by atoms with Crippen molar-refractivity contribution in [1.82, 2.24) is 24.9 Å².